The van der Waals surface area contributed by atoms with Gasteiger partial charge in [-0.05, 0) is 45.1 Å². The molecule has 1 aromatic carbocycles. The first-order valence-corrected chi connectivity index (χ1v) is 6.44. The Morgan fingerprint density at radius 2 is 2.10 bits per heavy atom. The Hall–Kier alpha value is -2.15. The number of anilines is 1. The summed E-state index contributed by atoms with van der Waals surface area (Å²) < 4.78 is 0. The molecule has 108 valence electrons. The van der Waals surface area contributed by atoms with Gasteiger partial charge in [0, 0.05) is 12.1 Å². The summed E-state index contributed by atoms with van der Waals surface area (Å²) in [5.74, 6) is -1.17. The number of nitrogens with one attached hydrogen (secondary N) is 1. The van der Waals surface area contributed by atoms with E-state index in [1.54, 1.807) is 0 Å². The number of aromatic carboxylic acids is 1. The number of rotatable bonds is 4. The Bertz CT molecular complexity index is 524. The molecule has 1 aliphatic rings. The van der Waals surface area contributed by atoms with Gasteiger partial charge in [0.25, 0.3) is 5.69 Å². The quantitative estimate of drug-likeness (QED) is 0.644. The summed E-state index contributed by atoms with van der Waals surface area (Å²) in [6, 6.07) is 4.13. The van der Waals surface area contributed by atoms with E-state index in [4.69, 9.17) is 5.11 Å². The van der Waals surface area contributed by atoms with Crippen LogP contribution in [-0.2, 0) is 0 Å². The minimum absolute atomic E-state index is 0.0781. The zero-order chi connectivity index (χ0) is 14.7. The van der Waals surface area contributed by atoms with Crippen LogP contribution in [0.1, 0.15) is 23.2 Å². The van der Waals surface area contributed by atoms with Gasteiger partial charge in [0.15, 0.2) is 0 Å². The molecule has 0 atom stereocenters. The number of nitro groups is 1. The van der Waals surface area contributed by atoms with E-state index >= 15 is 0 Å². The summed E-state index contributed by atoms with van der Waals surface area (Å²) in [4.78, 5) is 23.6. The standard InChI is InChI=1S/C13H17N3O4/c1-15-6-4-10(5-7-15)14-11-3-2-9(13(17)18)8-12(11)16(19)20/h2-3,8,10,14H,4-7H2,1H3,(H,17,18). The number of likely N-dealkylation sites (tertiary alicyclic amines) is 1. The molecule has 0 radical (unpaired) electrons. The lowest BCUT2D eigenvalue weighted by molar-refractivity contribution is -0.384. The van der Waals surface area contributed by atoms with Gasteiger partial charge in [0.05, 0.1) is 10.5 Å². The predicted molar refractivity (Wildman–Crippen MR) is 74.2 cm³/mol. The largest absolute Gasteiger partial charge is 0.478 e. The summed E-state index contributed by atoms with van der Waals surface area (Å²) in [7, 11) is 2.04. The first-order chi connectivity index (χ1) is 9.47. The molecule has 0 saturated carbocycles. The average Bonchev–Trinajstić information content (AvgIpc) is 2.41. The monoisotopic (exact) mass is 279 g/mol. The number of carboxylic acid groups (broad SMARTS) is 1. The Morgan fingerprint density at radius 3 is 2.65 bits per heavy atom. The van der Waals surface area contributed by atoms with Crippen LogP contribution in [0, 0.1) is 10.1 Å². The van der Waals surface area contributed by atoms with Gasteiger partial charge < -0.3 is 15.3 Å². The highest BCUT2D eigenvalue weighted by Crippen LogP contribution is 2.27. The van der Waals surface area contributed by atoms with Crippen molar-refractivity contribution in [2.24, 2.45) is 0 Å². The average molecular weight is 279 g/mol. The topological polar surface area (TPSA) is 95.7 Å². The molecule has 1 aromatic rings. The van der Waals surface area contributed by atoms with Crippen LogP contribution < -0.4 is 5.32 Å². The molecule has 1 heterocycles. The van der Waals surface area contributed by atoms with Gasteiger partial charge in [0.1, 0.15) is 5.69 Å². The van der Waals surface area contributed by atoms with Gasteiger partial charge in [-0.25, -0.2) is 4.79 Å². The van der Waals surface area contributed by atoms with Crippen molar-refractivity contribution in [3.63, 3.8) is 0 Å². The smallest absolute Gasteiger partial charge is 0.335 e. The molecule has 2 rings (SSSR count). The van der Waals surface area contributed by atoms with Crippen LogP contribution in [-0.4, -0.2) is 47.1 Å². The van der Waals surface area contributed by atoms with Crippen molar-refractivity contribution in [2.45, 2.75) is 18.9 Å². The molecule has 7 heteroatoms. The van der Waals surface area contributed by atoms with Crippen LogP contribution in [0.3, 0.4) is 0 Å². The van der Waals surface area contributed by atoms with Crippen LogP contribution in [0.2, 0.25) is 0 Å². The van der Waals surface area contributed by atoms with Crippen molar-refractivity contribution in [2.75, 3.05) is 25.5 Å². The number of nitrogens with zero attached hydrogens (tertiary/aromatic N) is 2. The van der Waals surface area contributed by atoms with E-state index in [1.807, 2.05) is 7.05 Å². The van der Waals surface area contributed by atoms with Gasteiger partial charge in [-0.3, -0.25) is 10.1 Å². The van der Waals surface area contributed by atoms with E-state index in [9.17, 15) is 14.9 Å². The zero-order valence-corrected chi connectivity index (χ0v) is 11.2. The van der Waals surface area contributed by atoms with E-state index in [0.29, 0.717) is 5.69 Å². The number of benzene rings is 1. The highest BCUT2D eigenvalue weighted by atomic mass is 16.6. The van der Waals surface area contributed by atoms with Crippen molar-refractivity contribution >= 4 is 17.3 Å². The fourth-order valence-corrected chi connectivity index (χ4v) is 2.31. The molecule has 1 aliphatic heterocycles. The van der Waals surface area contributed by atoms with Gasteiger partial charge in [-0.15, -0.1) is 0 Å². The molecular weight excluding hydrogens is 262 g/mol. The fraction of sp³-hybridized carbons (Fsp3) is 0.462. The Kier molecular flexibility index (Phi) is 4.19. The van der Waals surface area contributed by atoms with Crippen molar-refractivity contribution in [1.82, 2.24) is 4.90 Å². The summed E-state index contributed by atoms with van der Waals surface area (Å²) in [6.07, 6.45) is 1.82. The van der Waals surface area contributed by atoms with Crippen LogP contribution in [0.25, 0.3) is 0 Å². The SMILES string of the molecule is CN1CCC(Nc2ccc(C(=O)O)cc2[N+](=O)[O-])CC1. The molecule has 7 nitrogen and oxygen atoms in total. The molecule has 20 heavy (non-hydrogen) atoms. The second-order valence-electron chi connectivity index (χ2n) is 5.02. The lowest BCUT2D eigenvalue weighted by atomic mass is 10.0. The Labute approximate surface area is 116 Å². The normalized spacial score (nSPS) is 16.9. The third-order valence-electron chi connectivity index (χ3n) is 3.52. The van der Waals surface area contributed by atoms with Crippen LogP contribution in [0.5, 0.6) is 0 Å². The molecule has 2 N–H and O–H groups in total. The number of hydrogen-bond donors (Lipinski definition) is 2. The van der Waals surface area contributed by atoms with Crippen molar-refractivity contribution in [1.29, 1.82) is 0 Å². The van der Waals surface area contributed by atoms with Crippen LogP contribution >= 0.6 is 0 Å². The molecule has 0 amide bonds. The lowest BCUT2D eigenvalue weighted by Gasteiger charge is -2.30. The first-order valence-electron chi connectivity index (χ1n) is 6.44. The van der Waals surface area contributed by atoms with E-state index in [0.717, 1.165) is 32.0 Å². The summed E-state index contributed by atoms with van der Waals surface area (Å²) in [6.45, 7) is 1.89. The highest BCUT2D eigenvalue weighted by molar-refractivity contribution is 5.89. The third-order valence-corrected chi connectivity index (χ3v) is 3.52. The summed E-state index contributed by atoms with van der Waals surface area (Å²) in [5.41, 5.74) is 0.115. The van der Waals surface area contributed by atoms with Gasteiger partial charge in [-0.1, -0.05) is 0 Å². The maximum atomic E-state index is 11.1. The molecule has 0 unspecified atom stereocenters. The number of carboxylic acids is 1. The number of carbonyl (C=O) groups is 1. The minimum atomic E-state index is -1.17. The molecular formula is C13H17N3O4. The van der Waals surface area contributed by atoms with Gasteiger partial charge in [-0.2, -0.15) is 0 Å². The molecule has 0 aliphatic carbocycles. The van der Waals surface area contributed by atoms with E-state index in [-0.39, 0.29) is 17.3 Å². The summed E-state index contributed by atoms with van der Waals surface area (Å²) >= 11 is 0. The maximum Gasteiger partial charge on any atom is 0.335 e. The molecule has 0 spiro atoms. The van der Waals surface area contributed by atoms with Crippen molar-refractivity contribution in [3.05, 3.63) is 33.9 Å². The highest BCUT2D eigenvalue weighted by Gasteiger charge is 2.22. The van der Waals surface area contributed by atoms with E-state index in [2.05, 4.69) is 10.2 Å². The second kappa shape index (κ2) is 5.87. The zero-order valence-electron chi connectivity index (χ0n) is 11.2. The maximum absolute atomic E-state index is 11.1. The third kappa shape index (κ3) is 3.24. The van der Waals surface area contributed by atoms with Crippen molar-refractivity contribution in [3.8, 4) is 0 Å². The number of hydrogen-bond acceptors (Lipinski definition) is 5. The minimum Gasteiger partial charge on any atom is -0.478 e. The molecule has 0 bridgehead atoms. The van der Waals surface area contributed by atoms with E-state index < -0.39 is 10.9 Å². The van der Waals surface area contributed by atoms with Crippen molar-refractivity contribution < 1.29 is 14.8 Å². The van der Waals surface area contributed by atoms with Crippen LogP contribution in [0.4, 0.5) is 11.4 Å². The number of piperidine rings is 1. The summed E-state index contributed by atoms with van der Waals surface area (Å²) in [5, 5.41) is 23.1. The van der Waals surface area contributed by atoms with Crippen LogP contribution in [0.15, 0.2) is 18.2 Å². The molecule has 1 fully saturated rings. The molecule has 1 saturated heterocycles. The first kappa shape index (κ1) is 14.3. The lowest BCUT2D eigenvalue weighted by Crippen LogP contribution is -2.36. The number of nitro benzene ring substituents is 1. The van der Waals surface area contributed by atoms with Gasteiger partial charge in [0.2, 0.25) is 0 Å². The Morgan fingerprint density at radius 1 is 1.45 bits per heavy atom. The van der Waals surface area contributed by atoms with Gasteiger partial charge >= 0.3 is 5.97 Å². The molecule has 0 aromatic heterocycles. The fourth-order valence-electron chi connectivity index (χ4n) is 2.31. The second-order valence-corrected chi connectivity index (χ2v) is 5.02. The Balaban J connectivity index is 2.18. The predicted octanol–water partition coefficient (Wildman–Crippen LogP) is 1.80. The van der Waals surface area contributed by atoms with E-state index in [1.165, 1.54) is 12.1 Å².